The largest absolute Gasteiger partial charge is 0.397 e. The number of benzene rings is 1. The van der Waals surface area contributed by atoms with Crippen LogP contribution in [0.1, 0.15) is 18.4 Å². The maximum absolute atomic E-state index is 6.10. The lowest BCUT2D eigenvalue weighted by Gasteiger charge is -2.36. The third kappa shape index (κ3) is 2.25. The predicted octanol–water partition coefficient (Wildman–Crippen LogP) is 1.86. The molecule has 2 fully saturated rings. The lowest BCUT2D eigenvalue weighted by Crippen LogP contribution is -2.47. The molecule has 0 atom stereocenters. The van der Waals surface area contributed by atoms with E-state index in [2.05, 4.69) is 34.9 Å². The molecular weight excluding hydrogens is 210 g/mol. The number of anilines is 2. The van der Waals surface area contributed by atoms with E-state index in [1.807, 2.05) is 0 Å². The van der Waals surface area contributed by atoms with E-state index >= 15 is 0 Å². The van der Waals surface area contributed by atoms with E-state index in [4.69, 9.17) is 5.73 Å². The van der Waals surface area contributed by atoms with Gasteiger partial charge >= 0.3 is 0 Å². The van der Waals surface area contributed by atoms with Crippen molar-refractivity contribution in [2.24, 2.45) is 0 Å². The zero-order valence-corrected chi connectivity index (χ0v) is 10.5. The van der Waals surface area contributed by atoms with Crippen molar-refractivity contribution >= 4 is 11.4 Å². The van der Waals surface area contributed by atoms with Gasteiger partial charge in [0.1, 0.15) is 0 Å². The van der Waals surface area contributed by atoms with Crippen LogP contribution in [-0.2, 0) is 0 Å². The molecule has 1 aromatic carbocycles. The first-order valence-electron chi connectivity index (χ1n) is 6.59. The van der Waals surface area contributed by atoms with Crippen molar-refractivity contribution in [3.05, 3.63) is 23.8 Å². The van der Waals surface area contributed by atoms with Crippen molar-refractivity contribution in [1.82, 2.24) is 4.90 Å². The molecule has 3 rings (SSSR count). The molecule has 92 valence electrons. The van der Waals surface area contributed by atoms with E-state index < -0.39 is 0 Å². The number of rotatable bonds is 2. The lowest BCUT2D eigenvalue weighted by atomic mass is 10.1. The monoisotopic (exact) mass is 231 g/mol. The Labute approximate surface area is 103 Å². The van der Waals surface area contributed by atoms with Gasteiger partial charge in [0.25, 0.3) is 0 Å². The van der Waals surface area contributed by atoms with Crippen LogP contribution in [-0.4, -0.2) is 37.1 Å². The van der Waals surface area contributed by atoms with Gasteiger partial charge in [-0.1, -0.05) is 6.07 Å². The third-order valence-electron chi connectivity index (χ3n) is 3.90. The number of nitrogens with zero attached hydrogens (tertiary/aromatic N) is 2. The molecule has 1 aliphatic heterocycles. The fraction of sp³-hybridized carbons (Fsp3) is 0.571. The number of nitrogens with two attached hydrogens (primary N) is 1. The first kappa shape index (κ1) is 10.9. The van der Waals surface area contributed by atoms with E-state index in [1.54, 1.807) is 0 Å². The Balaban J connectivity index is 1.68. The first-order valence-corrected chi connectivity index (χ1v) is 6.59. The van der Waals surface area contributed by atoms with Crippen LogP contribution in [0.5, 0.6) is 0 Å². The van der Waals surface area contributed by atoms with Crippen LogP contribution in [0.3, 0.4) is 0 Å². The summed E-state index contributed by atoms with van der Waals surface area (Å²) in [6, 6.07) is 7.28. The van der Waals surface area contributed by atoms with Crippen molar-refractivity contribution in [3.8, 4) is 0 Å². The maximum Gasteiger partial charge on any atom is 0.0601 e. The first-order chi connectivity index (χ1) is 8.24. The summed E-state index contributed by atoms with van der Waals surface area (Å²) in [4.78, 5) is 5.05. The second kappa shape index (κ2) is 4.22. The molecule has 3 nitrogen and oxygen atoms in total. The van der Waals surface area contributed by atoms with Gasteiger partial charge in [-0.3, -0.25) is 4.90 Å². The van der Waals surface area contributed by atoms with Gasteiger partial charge in [-0.05, 0) is 37.5 Å². The molecule has 2 N–H and O–H groups in total. The Bertz CT molecular complexity index is 404. The highest BCUT2D eigenvalue weighted by atomic mass is 15.3. The standard InChI is InChI=1S/C14H21N3/c1-11-2-5-14(13(15)10-11)17-8-6-16(7-9-17)12-3-4-12/h2,5,10,12H,3-4,6-9,15H2,1H3. The van der Waals surface area contributed by atoms with Crippen LogP contribution in [0.15, 0.2) is 18.2 Å². The van der Waals surface area contributed by atoms with Crippen molar-refractivity contribution < 1.29 is 0 Å². The fourth-order valence-corrected chi connectivity index (χ4v) is 2.73. The Kier molecular flexibility index (Phi) is 2.71. The van der Waals surface area contributed by atoms with Crippen LogP contribution < -0.4 is 10.6 Å². The molecule has 1 heterocycles. The molecule has 1 saturated carbocycles. The highest BCUT2D eigenvalue weighted by Crippen LogP contribution is 2.30. The molecule has 17 heavy (non-hydrogen) atoms. The van der Waals surface area contributed by atoms with Gasteiger partial charge in [0, 0.05) is 32.2 Å². The average Bonchev–Trinajstić information content (AvgIpc) is 3.13. The number of piperazine rings is 1. The van der Waals surface area contributed by atoms with E-state index in [0.29, 0.717) is 0 Å². The normalized spacial score (nSPS) is 21.8. The Hall–Kier alpha value is -1.22. The fourth-order valence-electron chi connectivity index (χ4n) is 2.73. The summed E-state index contributed by atoms with van der Waals surface area (Å²) in [6.07, 6.45) is 2.82. The van der Waals surface area contributed by atoms with E-state index in [-0.39, 0.29) is 0 Å². The van der Waals surface area contributed by atoms with Crippen LogP contribution in [0.4, 0.5) is 11.4 Å². The van der Waals surface area contributed by atoms with Gasteiger partial charge in [-0.15, -0.1) is 0 Å². The topological polar surface area (TPSA) is 32.5 Å². The minimum absolute atomic E-state index is 0.896. The summed E-state index contributed by atoms with van der Waals surface area (Å²) in [7, 11) is 0. The Morgan fingerprint density at radius 1 is 1.12 bits per heavy atom. The zero-order valence-electron chi connectivity index (χ0n) is 10.5. The van der Waals surface area contributed by atoms with Gasteiger partial charge in [0.15, 0.2) is 0 Å². The van der Waals surface area contributed by atoms with E-state index in [9.17, 15) is 0 Å². The smallest absolute Gasteiger partial charge is 0.0601 e. The summed E-state index contributed by atoms with van der Waals surface area (Å²) >= 11 is 0. The van der Waals surface area contributed by atoms with Crippen LogP contribution in [0.25, 0.3) is 0 Å². The van der Waals surface area contributed by atoms with Crippen LogP contribution in [0, 0.1) is 6.92 Å². The van der Waals surface area contributed by atoms with E-state index in [1.165, 1.54) is 37.2 Å². The van der Waals surface area contributed by atoms with Crippen molar-refractivity contribution in [2.45, 2.75) is 25.8 Å². The maximum atomic E-state index is 6.10. The SMILES string of the molecule is Cc1ccc(N2CCN(C3CC3)CC2)c(N)c1. The number of hydrogen-bond donors (Lipinski definition) is 1. The van der Waals surface area contributed by atoms with Crippen molar-refractivity contribution in [1.29, 1.82) is 0 Å². The molecule has 3 heteroatoms. The molecule has 0 bridgehead atoms. The molecule has 1 saturated heterocycles. The van der Waals surface area contributed by atoms with Gasteiger partial charge in [0.05, 0.1) is 11.4 Å². The van der Waals surface area contributed by atoms with Gasteiger partial charge in [-0.2, -0.15) is 0 Å². The summed E-state index contributed by atoms with van der Waals surface area (Å²) < 4.78 is 0. The van der Waals surface area contributed by atoms with Crippen LogP contribution in [0.2, 0.25) is 0 Å². The zero-order chi connectivity index (χ0) is 11.8. The summed E-state index contributed by atoms with van der Waals surface area (Å²) in [5.41, 5.74) is 9.48. The highest BCUT2D eigenvalue weighted by molar-refractivity contribution is 5.68. The predicted molar refractivity (Wildman–Crippen MR) is 72.4 cm³/mol. The highest BCUT2D eigenvalue weighted by Gasteiger charge is 2.31. The van der Waals surface area contributed by atoms with E-state index in [0.717, 1.165) is 24.8 Å². The average molecular weight is 231 g/mol. The number of hydrogen-bond acceptors (Lipinski definition) is 3. The molecule has 0 radical (unpaired) electrons. The Morgan fingerprint density at radius 2 is 1.82 bits per heavy atom. The second-order valence-electron chi connectivity index (χ2n) is 5.32. The van der Waals surface area contributed by atoms with Gasteiger partial charge in [0.2, 0.25) is 0 Å². The van der Waals surface area contributed by atoms with Crippen molar-refractivity contribution in [2.75, 3.05) is 36.8 Å². The molecule has 2 aliphatic rings. The van der Waals surface area contributed by atoms with Gasteiger partial charge in [-0.25, -0.2) is 0 Å². The third-order valence-corrected chi connectivity index (χ3v) is 3.90. The molecule has 0 spiro atoms. The number of aryl methyl sites for hydroxylation is 1. The molecule has 0 aromatic heterocycles. The lowest BCUT2D eigenvalue weighted by molar-refractivity contribution is 0.248. The second-order valence-corrected chi connectivity index (χ2v) is 5.32. The summed E-state index contributed by atoms with van der Waals surface area (Å²) in [5.74, 6) is 0. The van der Waals surface area contributed by atoms with Crippen molar-refractivity contribution in [3.63, 3.8) is 0 Å². The Morgan fingerprint density at radius 3 is 2.41 bits per heavy atom. The minimum atomic E-state index is 0.896. The molecule has 0 unspecified atom stereocenters. The molecule has 1 aromatic rings. The quantitative estimate of drug-likeness (QED) is 0.789. The van der Waals surface area contributed by atoms with Crippen LogP contribution >= 0.6 is 0 Å². The minimum Gasteiger partial charge on any atom is -0.397 e. The summed E-state index contributed by atoms with van der Waals surface area (Å²) in [6.45, 7) is 6.70. The van der Waals surface area contributed by atoms with Gasteiger partial charge < -0.3 is 10.6 Å². The number of nitrogen functional groups attached to an aromatic ring is 1. The molecular formula is C14H21N3. The summed E-state index contributed by atoms with van der Waals surface area (Å²) in [5, 5.41) is 0. The molecule has 1 aliphatic carbocycles. The molecule has 0 amide bonds.